The highest BCUT2D eigenvalue weighted by atomic mass is 32.1. The van der Waals surface area contributed by atoms with Crippen LogP contribution in [-0.4, -0.2) is 29.4 Å². The van der Waals surface area contributed by atoms with Gasteiger partial charge in [-0.05, 0) is 18.1 Å². The average molecular weight is 264 g/mol. The number of hydrogen-bond acceptors (Lipinski definition) is 2. The van der Waals surface area contributed by atoms with Gasteiger partial charge < -0.3 is 10.6 Å². The van der Waals surface area contributed by atoms with Crippen LogP contribution in [0.4, 0.5) is 0 Å². The molecular weight excluding hydrogens is 244 g/mol. The van der Waals surface area contributed by atoms with Crippen LogP contribution >= 0.6 is 12.2 Å². The van der Waals surface area contributed by atoms with Gasteiger partial charge in [-0.15, -0.1) is 0 Å². The number of amides is 1. The van der Waals surface area contributed by atoms with Crippen LogP contribution < -0.4 is 5.73 Å². The first-order valence-electron chi connectivity index (χ1n) is 6.18. The van der Waals surface area contributed by atoms with Crippen molar-refractivity contribution in [2.45, 2.75) is 26.2 Å². The maximum Gasteiger partial charge on any atom is 0.253 e. The van der Waals surface area contributed by atoms with Crippen molar-refractivity contribution in [2.24, 2.45) is 5.73 Å². The third-order valence-electron chi connectivity index (χ3n) is 2.81. The largest absolute Gasteiger partial charge is 0.393 e. The molecular formula is C14H20N2OS. The van der Waals surface area contributed by atoms with E-state index in [1.54, 1.807) is 4.90 Å². The molecule has 0 spiro atoms. The Bertz CT molecular complexity index is 432. The Morgan fingerprint density at radius 1 is 1.39 bits per heavy atom. The zero-order chi connectivity index (χ0) is 13.5. The minimum Gasteiger partial charge on any atom is -0.393 e. The fourth-order valence-electron chi connectivity index (χ4n) is 1.77. The third kappa shape index (κ3) is 4.11. The van der Waals surface area contributed by atoms with Crippen LogP contribution in [0.25, 0.3) is 0 Å². The van der Waals surface area contributed by atoms with Gasteiger partial charge in [-0.1, -0.05) is 43.8 Å². The average Bonchev–Trinajstić information content (AvgIpc) is 2.35. The number of hydrogen-bond donors (Lipinski definition) is 1. The summed E-state index contributed by atoms with van der Waals surface area (Å²) in [4.78, 5) is 14.5. The highest BCUT2D eigenvalue weighted by molar-refractivity contribution is 7.80. The van der Waals surface area contributed by atoms with Gasteiger partial charge in [0.05, 0.1) is 4.99 Å². The zero-order valence-corrected chi connectivity index (χ0v) is 11.8. The van der Waals surface area contributed by atoms with Crippen LogP contribution in [0.2, 0.25) is 0 Å². The lowest BCUT2D eigenvalue weighted by Crippen LogP contribution is -2.29. The summed E-state index contributed by atoms with van der Waals surface area (Å²) in [6, 6.07) is 7.50. The fraction of sp³-hybridized carbons (Fsp3) is 0.429. The topological polar surface area (TPSA) is 46.3 Å². The van der Waals surface area contributed by atoms with E-state index in [4.69, 9.17) is 18.0 Å². The Hall–Kier alpha value is -1.42. The van der Waals surface area contributed by atoms with E-state index in [0.717, 1.165) is 24.9 Å². The van der Waals surface area contributed by atoms with E-state index in [1.165, 1.54) is 0 Å². The van der Waals surface area contributed by atoms with Crippen LogP contribution in [-0.2, 0) is 6.42 Å². The molecule has 18 heavy (non-hydrogen) atoms. The molecule has 3 nitrogen and oxygen atoms in total. The van der Waals surface area contributed by atoms with Gasteiger partial charge in [0.1, 0.15) is 0 Å². The maximum atomic E-state index is 12.3. The standard InChI is InChI=1S/C14H20N2OS/c1-3-4-9-16(2)14(17)12-8-6-5-7-11(12)10-13(15)18/h5-8H,3-4,9-10H2,1-2H3,(H2,15,18). The van der Waals surface area contributed by atoms with E-state index in [1.807, 2.05) is 31.3 Å². The second-order valence-corrected chi connectivity index (χ2v) is 4.90. The molecule has 0 saturated carbocycles. The summed E-state index contributed by atoms with van der Waals surface area (Å²) in [5, 5.41) is 0. The highest BCUT2D eigenvalue weighted by Gasteiger charge is 2.15. The van der Waals surface area contributed by atoms with Gasteiger partial charge in [0.15, 0.2) is 0 Å². The number of nitrogens with zero attached hydrogens (tertiary/aromatic N) is 1. The van der Waals surface area contributed by atoms with Gasteiger partial charge in [-0.3, -0.25) is 4.79 Å². The van der Waals surface area contributed by atoms with E-state index in [-0.39, 0.29) is 5.91 Å². The number of nitrogens with two attached hydrogens (primary N) is 1. The second-order valence-electron chi connectivity index (χ2n) is 4.38. The Kier molecular flexibility index (Phi) is 5.78. The molecule has 2 N–H and O–H groups in total. The molecule has 0 fully saturated rings. The summed E-state index contributed by atoms with van der Waals surface area (Å²) in [7, 11) is 1.83. The molecule has 1 amide bonds. The van der Waals surface area contributed by atoms with E-state index in [9.17, 15) is 4.79 Å². The molecule has 98 valence electrons. The number of carbonyl (C=O) groups excluding carboxylic acids is 1. The smallest absolute Gasteiger partial charge is 0.253 e. The number of carbonyl (C=O) groups is 1. The molecule has 0 aromatic heterocycles. The van der Waals surface area contributed by atoms with Gasteiger partial charge >= 0.3 is 0 Å². The lowest BCUT2D eigenvalue weighted by Gasteiger charge is -2.18. The minimum atomic E-state index is 0.0373. The molecule has 1 aromatic rings. The predicted octanol–water partition coefficient (Wildman–Crippen LogP) is 2.39. The van der Waals surface area contributed by atoms with Crippen LogP contribution in [0.15, 0.2) is 24.3 Å². The molecule has 0 radical (unpaired) electrons. The van der Waals surface area contributed by atoms with Crippen molar-refractivity contribution >= 4 is 23.1 Å². The monoisotopic (exact) mass is 264 g/mol. The molecule has 0 atom stereocenters. The zero-order valence-electron chi connectivity index (χ0n) is 11.0. The van der Waals surface area contributed by atoms with Crippen LogP contribution in [0.3, 0.4) is 0 Å². The molecule has 0 aliphatic heterocycles. The van der Waals surface area contributed by atoms with Gasteiger partial charge in [0, 0.05) is 25.6 Å². The summed E-state index contributed by atoms with van der Waals surface area (Å²) in [5.41, 5.74) is 7.16. The third-order valence-corrected chi connectivity index (χ3v) is 2.95. The summed E-state index contributed by atoms with van der Waals surface area (Å²) >= 11 is 4.91. The first-order chi connectivity index (χ1) is 8.56. The molecule has 0 bridgehead atoms. The van der Waals surface area contributed by atoms with Crippen molar-refractivity contribution < 1.29 is 4.79 Å². The van der Waals surface area contributed by atoms with Crippen molar-refractivity contribution in [2.75, 3.05) is 13.6 Å². The van der Waals surface area contributed by atoms with Crippen LogP contribution in [0, 0.1) is 0 Å². The summed E-state index contributed by atoms with van der Waals surface area (Å²) in [6.07, 6.45) is 2.56. The maximum absolute atomic E-state index is 12.3. The Morgan fingerprint density at radius 3 is 2.67 bits per heavy atom. The van der Waals surface area contributed by atoms with Crippen molar-refractivity contribution in [1.82, 2.24) is 4.90 Å². The van der Waals surface area contributed by atoms with Crippen LogP contribution in [0.1, 0.15) is 35.7 Å². The van der Waals surface area contributed by atoms with Crippen LogP contribution in [0.5, 0.6) is 0 Å². The molecule has 4 heteroatoms. The van der Waals surface area contributed by atoms with E-state index in [2.05, 4.69) is 6.92 Å². The van der Waals surface area contributed by atoms with E-state index in [0.29, 0.717) is 17.0 Å². The quantitative estimate of drug-likeness (QED) is 0.802. The molecule has 0 saturated heterocycles. The lowest BCUT2D eigenvalue weighted by molar-refractivity contribution is 0.0792. The summed E-state index contributed by atoms with van der Waals surface area (Å²) < 4.78 is 0. The summed E-state index contributed by atoms with van der Waals surface area (Å²) in [5.74, 6) is 0.0373. The highest BCUT2D eigenvalue weighted by Crippen LogP contribution is 2.12. The number of rotatable bonds is 6. The van der Waals surface area contributed by atoms with E-state index < -0.39 is 0 Å². The second kappa shape index (κ2) is 7.11. The van der Waals surface area contributed by atoms with Gasteiger partial charge in [-0.2, -0.15) is 0 Å². The first kappa shape index (κ1) is 14.6. The lowest BCUT2D eigenvalue weighted by atomic mass is 10.0. The van der Waals surface area contributed by atoms with Crippen molar-refractivity contribution in [1.29, 1.82) is 0 Å². The molecule has 0 unspecified atom stereocenters. The Morgan fingerprint density at radius 2 is 2.06 bits per heavy atom. The molecule has 1 rings (SSSR count). The number of benzene rings is 1. The van der Waals surface area contributed by atoms with Crippen molar-refractivity contribution in [3.05, 3.63) is 35.4 Å². The minimum absolute atomic E-state index is 0.0373. The molecule has 0 heterocycles. The predicted molar refractivity (Wildman–Crippen MR) is 78.8 cm³/mol. The van der Waals surface area contributed by atoms with E-state index >= 15 is 0 Å². The fourth-order valence-corrected chi connectivity index (χ4v) is 1.93. The number of thiocarbonyl (C=S) groups is 1. The number of unbranched alkanes of at least 4 members (excludes halogenated alkanes) is 1. The molecule has 0 aliphatic rings. The van der Waals surface area contributed by atoms with Gasteiger partial charge in [-0.25, -0.2) is 0 Å². The van der Waals surface area contributed by atoms with Crippen molar-refractivity contribution in [3.8, 4) is 0 Å². The first-order valence-corrected chi connectivity index (χ1v) is 6.58. The van der Waals surface area contributed by atoms with Gasteiger partial charge in [0.2, 0.25) is 0 Å². The Labute approximate surface area is 114 Å². The SMILES string of the molecule is CCCCN(C)C(=O)c1ccccc1CC(N)=S. The molecule has 1 aromatic carbocycles. The van der Waals surface area contributed by atoms with Gasteiger partial charge in [0.25, 0.3) is 5.91 Å². The Balaban J connectivity index is 2.87. The normalized spacial score (nSPS) is 10.1. The summed E-state index contributed by atoms with van der Waals surface area (Å²) in [6.45, 7) is 2.88. The molecule has 0 aliphatic carbocycles. The van der Waals surface area contributed by atoms with Crippen molar-refractivity contribution in [3.63, 3.8) is 0 Å².